The predicted octanol–water partition coefficient (Wildman–Crippen LogP) is 4.02. The van der Waals surface area contributed by atoms with Gasteiger partial charge < -0.3 is 0 Å². The van der Waals surface area contributed by atoms with Crippen molar-refractivity contribution in [2.75, 3.05) is 0 Å². The molecule has 0 spiro atoms. The van der Waals surface area contributed by atoms with Crippen molar-refractivity contribution in [2.24, 2.45) is 0 Å². The first kappa shape index (κ1) is 9.34. The quantitative estimate of drug-likeness (QED) is 0.617. The van der Waals surface area contributed by atoms with E-state index in [1.54, 1.807) is 0 Å². The largest absolute Gasteiger partial charge is 0.103 e. The summed E-state index contributed by atoms with van der Waals surface area (Å²) in [4.78, 5) is 0. The third-order valence-corrected chi connectivity index (χ3v) is 2.30. The molecule has 0 unspecified atom stereocenters. The van der Waals surface area contributed by atoms with E-state index in [0.717, 1.165) is 11.4 Å². The van der Waals surface area contributed by atoms with Crippen molar-refractivity contribution in [3.8, 4) is 0 Å². The molecular weight excluding hydrogens is 168 g/mol. The zero-order chi connectivity index (χ0) is 8.97. The van der Waals surface area contributed by atoms with Gasteiger partial charge in [-0.25, -0.2) is 0 Å². The van der Waals surface area contributed by atoms with Gasteiger partial charge in [0, 0.05) is 5.02 Å². The molecule has 1 rings (SSSR count). The molecule has 0 heterocycles. The van der Waals surface area contributed by atoms with Gasteiger partial charge in [-0.1, -0.05) is 42.8 Å². The summed E-state index contributed by atoms with van der Waals surface area (Å²) in [5, 5.41) is 0.854. The molecule has 0 aliphatic rings. The lowest BCUT2D eigenvalue weighted by molar-refractivity contribution is 0.782. The topological polar surface area (TPSA) is 0 Å². The normalized spacial score (nSPS) is 12.5. The lowest BCUT2D eigenvalue weighted by Gasteiger charge is -2.10. The molecule has 1 aromatic carbocycles. The Morgan fingerprint density at radius 3 is 2.75 bits per heavy atom. The molecular formula is C11H13Cl. The van der Waals surface area contributed by atoms with Gasteiger partial charge in [-0.15, -0.1) is 6.58 Å². The molecule has 1 aromatic rings. The fourth-order valence-corrected chi connectivity index (χ4v) is 1.57. The van der Waals surface area contributed by atoms with Gasteiger partial charge in [0.1, 0.15) is 0 Å². The first-order chi connectivity index (χ1) is 5.75. The average molecular weight is 181 g/mol. The molecule has 0 bridgehead atoms. The summed E-state index contributed by atoms with van der Waals surface area (Å²) in [6.45, 7) is 5.87. The summed E-state index contributed by atoms with van der Waals surface area (Å²) < 4.78 is 0. The Balaban J connectivity index is 2.86. The second-order valence-corrected chi connectivity index (χ2v) is 3.35. The van der Waals surface area contributed by atoms with E-state index >= 15 is 0 Å². The van der Waals surface area contributed by atoms with Gasteiger partial charge in [-0.3, -0.25) is 0 Å². The van der Waals surface area contributed by atoms with Crippen LogP contribution in [0.1, 0.15) is 24.8 Å². The van der Waals surface area contributed by atoms with Gasteiger partial charge in [-0.2, -0.15) is 0 Å². The Bertz CT molecular complexity index is 265. The molecule has 0 saturated carbocycles. The Morgan fingerprint density at radius 2 is 2.17 bits per heavy atom. The fraction of sp³-hybridized carbons (Fsp3) is 0.273. The maximum absolute atomic E-state index is 6.02. The second kappa shape index (κ2) is 4.32. The molecule has 0 aliphatic carbocycles. The van der Waals surface area contributed by atoms with Crippen LogP contribution in [0.3, 0.4) is 0 Å². The first-order valence-electron chi connectivity index (χ1n) is 4.11. The van der Waals surface area contributed by atoms with E-state index < -0.39 is 0 Å². The zero-order valence-corrected chi connectivity index (χ0v) is 8.01. The summed E-state index contributed by atoms with van der Waals surface area (Å²) in [6, 6.07) is 7.96. The van der Waals surface area contributed by atoms with Gasteiger partial charge in [0.2, 0.25) is 0 Å². The van der Waals surface area contributed by atoms with Crippen molar-refractivity contribution in [1.82, 2.24) is 0 Å². The number of rotatable bonds is 3. The summed E-state index contributed by atoms with van der Waals surface area (Å²) in [7, 11) is 0. The molecule has 1 atom stereocenters. The molecule has 0 radical (unpaired) electrons. The molecule has 64 valence electrons. The average Bonchev–Trinajstić information content (AvgIpc) is 2.05. The van der Waals surface area contributed by atoms with Crippen molar-refractivity contribution in [1.29, 1.82) is 0 Å². The fourth-order valence-electron chi connectivity index (χ4n) is 1.25. The van der Waals surface area contributed by atoms with E-state index in [4.69, 9.17) is 11.6 Å². The van der Waals surface area contributed by atoms with Crippen LogP contribution in [0.25, 0.3) is 0 Å². The van der Waals surface area contributed by atoms with Crippen LogP contribution in [0, 0.1) is 0 Å². The third kappa shape index (κ3) is 2.12. The van der Waals surface area contributed by atoms with E-state index in [2.05, 4.69) is 19.6 Å². The Morgan fingerprint density at radius 1 is 1.50 bits per heavy atom. The van der Waals surface area contributed by atoms with Crippen LogP contribution in [-0.2, 0) is 0 Å². The van der Waals surface area contributed by atoms with Crippen LogP contribution in [0.15, 0.2) is 36.9 Å². The standard InChI is InChI=1S/C11H13Cl/c1-3-6-9(2)10-7-4-5-8-11(10)12/h3-5,7-9H,1,6H2,2H3/t9-/m1/s1. The van der Waals surface area contributed by atoms with Crippen molar-refractivity contribution in [3.05, 3.63) is 47.5 Å². The number of benzene rings is 1. The Hall–Kier alpha value is -0.750. The molecule has 12 heavy (non-hydrogen) atoms. The molecule has 0 N–H and O–H groups in total. The highest BCUT2D eigenvalue weighted by molar-refractivity contribution is 6.31. The summed E-state index contributed by atoms with van der Waals surface area (Å²) in [6.07, 6.45) is 2.90. The van der Waals surface area contributed by atoms with E-state index in [0.29, 0.717) is 5.92 Å². The van der Waals surface area contributed by atoms with E-state index in [1.807, 2.05) is 24.3 Å². The van der Waals surface area contributed by atoms with Gasteiger partial charge in [0.05, 0.1) is 0 Å². The summed E-state index contributed by atoms with van der Waals surface area (Å²) >= 11 is 6.02. The van der Waals surface area contributed by atoms with Crippen LogP contribution in [0.2, 0.25) is 5.02 Å². The Kier molecular flexibility index (Phi) is 3.36. The van der Waals surface area contributed by atoms with Gasteiger partial charge >= 0.3 is 0 Å². The monoisotopic (exact) mass is 180 g/mol. The van der Waals surface area contributed by atoms with Gasteiger partial charge in [0.15, 0.2) is 0 Å². The van der Waals surface area contributed by atoms with Gasteiger partial charge in [-0.05, 0) is 24.0 Å². The highest BCUT2D eigenvalue weighted by atomic mass is 35.5. The minimum absolute atomic E-state index is 0.469. The van der Waals surface area contributed by atoms with Crippen LogP contribution >= 0.6 is 11.6 Å². The van der Waals surface area contributed by atoms with E-state index in [-0.39, 0.29) is 0 Å². The maximum atomic E-state index is 6.02. The van der Waals surface area contributed by atoms with E-state index in [9.17, 15) is 0 Å². The molecule has 0 aliphatic heterocycles. The van der Waals surface area contributed by atoms with Crippen LogP contribution < -0.4 is 0 Å². The minimum Gasteiger partial charge on any atom is -0.103 e. The molecule has 0 aromatic heterocycles. The minimum atomic E-state index is 0.469. The molecule has 0 amide bonds. The molecule has 1 heteroatoms. The lowest BCUT2D eigenvalue weighted by atomic mass is 9.98. The highest BCUT2D eigenvalue weighted by Crippen LogP contribution is 2.26. The number of hydrogen-bond acceptors (Lipinski definition) is 0. The smallest absolute Gasteiger partial charge is 0.0440 e. The molecule has 0 nitrogen and oxygen atoms in total. The van der Waals surface area contributed by atoms with Crippen molar-refractivity contribution in [2.45, 2.75) is 19.3 Å². The number of allylic oxidation sites excluding steroid dienone is 1. The highest BCUT2D eigenvalue weighted by Gasteiger charge is 2.05. The van der Waals surface area contributed by atoms with E-state index in [1.165, 1.54) is 5.56 Å². The Labute approximate surface area is 78.9 Å². The van der Waals surface area contributed by atoms with Gasteiger partial charge in [0.25, 0.3) is 0 Å². The third-order valence-electron chi connectivity index (χ3n) is 1.96. The van der Waals surface area contributed by atoms with Crippen LogP contribution in [0.5, 0.6) is 0 Å². The van der Waals surface area contributed by atoms with Crippen molar-refractivity contribution < 1.29 is 0 Å². The summed E-state index contributed by atoms with van der Waals surface area (Å²) in [5.74, 6) is 0.469. The van der Waals surface area contributed by atoms with Crippen LogP contribution in [-0.4, -0.2) is 0 Å². The van der Waals surface area contributed by atoms with Crippen molar-refractivity contribution >= 4 is 11.6 Å². The molecule has 0 saturated heterocycles. The maximum Gasteiger partial charge on any atom is 0.0440 e. The molecule has 0 fully saturated rings. The number of halogens is 1. The summed E-state index contributed by atoms with van der Waals surface area (Å²) in [5.41, 5.74) is 1.21. The zero-order valence-electron chi connectivity index (χ0n) is 7.26. The van der Waals surface area contributed by atoms with Crippen molar-refractivity contribution in [3.63, 3.8) is 0 Å². The second-order valence-electron chi connectivity index (χ2n) is 2.95. The lowest BCUT2D eigenvalue weighted by Crippen LogP contribution is -1.91. The van der Waals surface area contributed by atoms with Crippen LogP contribution in [0.4, 0.5) is 0 Å². The first-order valence-corrected chi connectivity index (χ1v) is 4.49. The number of hydrogen-bond donors (Lipinski definition) is 0. The SMILES string of the molecule is C=CC[C@@H](C)c1ccccc1Cl. The predicted molar refractivity (Wildman–Crippen MR) is 54.7 cm³/mol.